The highest BCUT2D eigenvalue weighted by Gasteiger charge is 2.33. The minimum absolute atomic E-state index is 0.126. The fourth-order valence-electron chi connectivity index (χ4n) is 4.38. The average Bonchev–Trinajstić information content (AvgIpc) is 3.43. The van der Waals surface area contributed by atoms with E-state index in [0.717, 1.165) is 31.7 Å². The van der Waals surface area contributed by atoms with Gasteiger partial charge in [-0.25, -0.2) is 9.97 Å². The van der Waals surface area contributed by atoms with E-state index in [1.165, 1.54) is 23.9 Å². The summed E-state index contributed by atoms with van der Waals surface area (Å²) >= 11 is 8.71. The Kier molecular flexibility index (Phi) is 7.11. The fourth-order valence-corrected chi connectivity index (χ4v) is 6.68. The molecule has 0 N–H and O–H groups in total. The number of carbonyl (C=O) groups is 1. The molecule has 0 unspecified atom stereocenters. The molecule has 0 bridgehead atoms. The van der Waals surface area contributed by atoms with Gasteiger partial charge < -0.3 is 4.57 Å². The van der Waals surface area contributed by atoms with Crippen LogP contribution >= 0.6 is 34.7 Å². The van der Waals surface area contributed by atoms with Crippen molar-refractivity contribution in [3.8, 4) is 16.1 Å². The average molecular weight is 572 g/mol. The Morgan fingerprint density at radius 1 is 1.03 bits per heavy atom. The molecule has 38 heavy (non-hydrogen) atoms. The van der Waals surface area contributed by atoms with E-state index in [0.29, 0.717) is 28.5 Å². The molecule has 0 atom stereocenters. The van der Waals surface area contributed by atoms with Gasteiger partial charge in [-0.2, -0.15) is 13.2 Å². The summed E-state index contributed by atoms with van der Waals surface area (Å²) in [4.78, 5) is 24.4. The van der Waals surface area contributed by atoms with Gasteiger partial charge >= 0.3 is 6.18 Å². The summed E-state index contributed by atoms with van der Waals surface area (Å²) in [6.07, 6.45) is -4.58. The third kappa shape index (κ3) is 5.10. The van der Waals surface area contributed by atoms with Gasteiger partial charge in [0.15, 0.2) is 5.78 Å². The Morgan fingerprint density at radius 2 is 1.76 bits per heavy atom. The topological polar surface area (TPSA) is 47.8 Å². The van der Waals surface area contributed by atoms with E-state index in [1.54, 1.807) is 35.8 Å². The van der Waals surface area contributed by atoms with Gasteiger partial charge in [0, 0.05) is 32.9 Å². The second kappa shape index (κ2) is 10.2. The van der Waals surface area contributed by atoms with E-state index >= 15 is 0 Å². The Hall–Kier alpha value is -3.14. The second-order valence-electron chi connectivity index (χ2n) is 8.77. The predicted molar refractivity (Wildman–Crippen MR) is 148 cm³/mol. The number of hydrogen-bond acceptors (Lipinski definition) is 5. The van der Waals surface area contributed by atoms with E-state index in [2.05, 4.69) is 9.97 Å². The number of rotatable bonds is 6. The lowest BCUT2D eigenvalue weighted by atomic mass is 10.1. The van der Waals surface area contributed by atoms with Gasteiger partial charge in [0.2, 0.25) is 0 Å². The van der Waals surface area contributed by atoms with E-state index in [-0.39, 0.29) is 16.6 Å². The number of halogens is 4. The number of thiophene rings is 1. The molecule has 2 aromatic carbocycles. The second-order valence-corrected chi connectivity index (χ2v) is 11.2. The predicted octanol–water partition coefficient (Wildman–Crippen LogP) is 8.72. The summed E-state index contributed by atoms with van der Waals surface area (Å²) < 4.78 is 41.9. The number of benzene rings is 2. The minimum atomic E-state index is -4.58. The highest BCUT2D eigenvalue weighted by atomic mass is 35.5. The molecular formula is C28H21ClF3N3OS2. The van der Waals surface area contributed by atoms with Crippen molar-refractivity contribution in [1.82, 2.24) is 14.5 Å². The monoisotopic (exact) mass is 571 g/mol. The van der Waals surface area contributed by atoms with E-state index in [1.807, 2.05) is 43.3 Å². The molecule has 0 saturated heterocycles. The summed E-state index contributed by atoms with van der Waals surface area (Å²) in [5.74, 6) is 0.610. The standard InChI is InChI=1S/C28H21ClF3N3OS2/c1-15-11-20(16(2)35(15)19-9-10-23(29)22(12-19)28(30,31)32)24(36)14-37-26-21-13-25(18-7-5-4-6-8-18)38-27(21)34-17(3)33-26/h4-13H,14H2,1-3H3. The summed E-state index contributed by atoms with van der Waals surface area (Å²) in [6, 6.07) is 17.5. The van der Waals surface area contributed by atoms with E-state index in [9.17, 15) is 18.0 Å². The van der Waals surface area contributed by atoms with E-state index < -0.39 is 11.7 Å². The quantitative estimate of drug-likeness (QED) is 0.116. The number of carbonyl (C=O) groups excluding carboxylic acids is 1. The molecule has 3 heterocycles. The molecule has 5 aromatic rings. The van der Waals surface area contributed by atoms with Gasteiger partial charge in [-0.1, -0.05) is 53.7 Å². The number of aryl methyl sites for hydroxylation is 2. The van der Waals surface area contributed by atoms with Crippen LogP contribution in [0.5, 0.6) is 0 Å². The van der Waals surface area contributed by atoms with Crippen molar-refractivity contribution in [3.05, 3.63) is 94.0 Å². The third-order valence-electron chi connectivity index (χ3n) is 6.11. The van der Waals surface area contributed by atoms with Crippen LogP contribution in [0.15, 0.2) is 65.7 Å². The van der Waals surface area contributed by atoms with Crippen molar-refractivity contribution >= 4 is 50.7 Å². The fraction of sp³-hybridized carbons (Fsp3) is 0.179. The van der Waals surface area contributed by atoms with Crippen LogP contribution < -0.4 is 0 Å². The lowest BCUT2D eigenvalue weighted by Crippen LogP contribution is -2.09. The molecule has 194 valence electrons. The Morgan fingerprint density at radius 3 is 2.47 bits per heavy atom. The van der Waals surface area contributed by atoms with Crippen LogP contribution in [0.4, 0.5) is 13.2 Å². The molecule has 10 heteroatoms. The first kappa shape index (κ1) is 26.5. The molecule has 0 radical (unpaired) electrons. The lowest BCUT2D eigenvalue weighted by molar-refractivity contribution is -0.137. The summed E-state index contributed by atoms with van der Waals surface area (Å²) in [6.45, 7) is 5.31. The Labute approximate surface area is 230 Å². The molecule has 3 aromatic heterocycles. The van der Waals surface area contributed by atoms with Crippen LogP contribution in [0.25, 0.3) is 26.3 Å². The Bertz CT molecular complexity index is 1680. The van der Waals surface area contributed by atoms with Gasteiger partial charge in [0.25, 0.3) is 0 Å². The molecule has 0 aliphatic rings. The molecule has 0 aliphatic carbocycles. The van der Waals surface area contributed by atoms with Crippen LogP contribution in [0.3, 0.4) is 0 Å². The van der Waals surface area contributed by atoms with E-state index in [4.69, 9.17) is 11.6 Å². The number of ketones is 1. The van der Waals surface area contributed by atoms with Crippen LogP contribution in [0.2, 0.25) is 5.02 Å². The number of hydrogen-bond donors (Lipinski definition) is 0. The smallest absolute Gasteiger partial charge is 0.318 e. The maximum atomic E-state index is 13.4. The minimum Gasteiger partial charge on any atom is -0.318 e. The summed E-state index contributed by atoms with van der Waals surface area (Å²) in [5, 5.41) is 1.25. The molecule has 0 spiro atoms. The molecule has 4 nitrogen and oxygen atoms in total. The SMILES string of the molecule is Cc1nc(SCC(=O)c2cc(C)n(-c3ccc(Cl)c(C(F)(F)F)c3)c2C)c2cc(-c3ccccc3)sc2n1. The van der Waals surface area contributed by atoms with Gasteiger partial charge in [-0.15, -0.1) is 11.3 Å². The maximum Gasteiger partial charge on any atom is 0.417 e. The van der Waals surface area contributed by atoms with Crippen molar-refractivity contribution in [2.75, 3.05) is 5.75 Å². The first-order chi connectivity index (χ1) is 18.0. The van der Waals surface area contributed by atoms with Gasteiger partial charge in [-0.3, -0.25) is 4.79 Å². The lowest BCUT2D eigenvalue weighted by Gasteiger charge is -2.14. The molecular weight excluding hydrogens is 551 g/mol. The molecule has 5 rings (SSSR count). The van der Waals surface area contributed by atoms with Gasteiger partial charge in [0.05, 0.1) is 16.3 Å². The molecule has 0 saturated carbocycles. The summed E-state index contributed by atoms with van der Waals surface area (Å²) in [5.41, 5.74) is 2.13. The van der Waals surface area contributed by atoms with Crippen molar-refractivity contribution in [3.63, 3.8) is 0 Å². The number of alkyl halides is 3. The molecule has 0 amide bonds. The zero-order chi connectivity index (χ0) is 27.2. The first-order valence-electron chi connectivity index (χ1n) is 11.6. The largest absolute Gasteiger partial charge is 0.417 e. The Balaban J connectivity index is 1.43. The summed E-state index contributed by atoms with van der Waals surface area (Å²) in [7, 11) is 0. The van der Waals surface area contributed by atoms with Crippen molar-refractivity contribution in [1.29, 1.82) is 0 Å². The third-order valence-corrected chi connectivity index (χ3v) is 8.51. The molecule has 0 fully saturated rings. The number of fused-ring (bicyclic) bond motifs is 1. The van der Waals surface area contributed by atoms with Crippen LogP contribution in [0.1, 0.15) is 33.1 Å². The normalized spacial score (nSPS) is 11.9. The van der Waals surface area contributed by atoms with Crippen molar-refractivity contribution < 1.29 is 18.0 Å². The van der Waals surface area contributed by atoms with Gasteiger partial charge in [0.1, 0.15) is 15.7 Å². The number of aromatic nitrogens is 3. The number of thioether (sulfide) groups is 1. The van der Waals surface area contributed by atoms with Crippen molar-refractivity contribution in [2.45, 2.75) is 32.0 Å². The maximum absolute atomic E-state index is 13.4. The zero-order valence-electron chi connectivity index (χ0n) is 20.6. The highest BCUT2D eigenvalue weighted by Crippen LogP contribution is 2.38. The first-order valence-corrected chi connectivity index (χ1v) is 13.8. The van der Waals surface area contributed by atoms with Crippen LogP contribution in [-0.2, 0) is 6.18 Å². The highest BCUT2D eigenvalue weighted by molar-refractivity contribution is 8.00. The van der Waals surface area contributed by atoms with Crippen LogP contribution in [0, 0.1) is 20.8 Å². The number of Topliss-reactive ketones (excluding diaryl/α,β-unsaturated/α-hetero) is 1. The van der Waals surface area contributed by atoms with Crippen molar-refractivity contribution in [2.24, 2.45) is 0 Å². The van der Waals surface area contributed by atoms with Crippen LogP contribution in [-0.4, -0.2) is 26.1 Å². The zero-order valence-corrected chi connectivity index (χ0v) is 22.9. The van der Waals surface area contributed by atoms with Gasteiger partial charge in [-0.05, 0) is 56.7 Å². The number of nitrogens with zero attached hydrogens (tertiary/aromatic N) is 3. The molecule has 0 aliphatic heterocycles.